The molecule has 2 heterocycles. The highest BCUT2D eigenvalue weighted by Crippen LogP contribution is 2.29. The maximum Gasteiger partial charge on any atom is 0.417 e. The minimum Gasteiger partial charge on any atom is -0.317 e. The second kappa shape index (κ2) is 5.28. The Morgan fingerprint density at radius 3 is 2.62 bits per heavy atom. The van der Waals surface area contributed by atoms with E-state index in [0.717, 1.165) is 16.1 Å². The van der Waals surface area contributed by atoms with Gasteiger partial charge in [-0.3, -0.25) is 9.59 Å². The van der Waals surface area contributed by atoms with E-state index in [-0.39, 0.29) is 4.88 Å². The molecule has 0 saturated carbocycles. The molecule has 112 valence electrons. The number of rotatable bonds is 2. The number of aryl methyl sites for hydroxylation is 2. The van der Waals surface area contributed by atoms with E-state index >= 15 is 0 Å². The van der Waals surface area contributed by atoms with Crippen molar-refractivity contribution in [3.8, 4) is 0 Å². The number of carbonyl (C=O) groups is 1. The molecule has 0 aliphatic heterocycles. The van der Waals surface area contributed by atoms with Crippen LogP contribution in [0.2, 0.25) is 0 Å². The van der Waals surface area contributed by atoms with Gasteiger partial charge in [-0.25, -0.2) is 0 Å². The van der Waals surface area contributed by atoms with E-state index in [1.807, 2.05) is 0 Å². The Morgan fingerprint density at radius 1 is 1.43 bits per heavy atom. The molecule has 6 nitrogen and oxygen atoms in total. The molecule has 0 radical (unpaired) electrons. The Hall–Kier alpha value is -2.23. The second-order valence-corrected chi connectivity index (χ2v) is 4.95. The Balaban J connectivity index is 2.41. The average molecular weight is 318 g/mol. The van der Waals surface area contributed by atoms with Gasteiger partial charge in [-0.15, -0.1) is 5.10 Å². The number of amides is 1. The molecule has 1 amide bonds. The first-order chi connectivity index (χ1) is 9.70. The number of anilines is 1. The predicted molar refractivity (Wildman–Crippen MR) is 69.3 cm³/mol. The van der Waals surface area contributed by atoms with Crippen molar-refractivity contribution in [3.05, 3.63) is 38.8 Å². The summed E-state index contributed by atoms with van der Waals surface area (Å²) in [4.78, 5) is 23.8. The number of aromatic nitrogens is 3. The van der Waals surface area contributed by atoms with Gasteiger partial charge >= 0.3 is 6.18 Å². The van der Waals surface area contributed by atoms with Crippen LogP contribution >= 0.6 is 11.5 Å². The van der Waals surface area contributed by atoms with Crippen LogP contribution in [0.1, 0.15) is 20.9 Å². The highest BCUT2D eigenvalue weighted by Gasteiger charge is 2.32. The number of nitrogens with one attached hydrogen (secondary N) is 1. The van der Waals surface area contributed by atoms with Crippen molar-refractivity contribution in [2.24, 2.45) is 7.05 Å². The number of carbonyl (C=O) groups excluding carboxylic acids is 1. The van der Waals surface area contributed by atoms with Crippen molar-refractivity contribution in [3.63, 3.8) is 0 Å². The van der Waals surface area contributed by atoms with Crippen LogP contribution in [0.25, 0.3) is 0 Å². The Kier molecular flexibility index (Phi) is 3.81. The van der Waals surface area contributed by atoms with Crippen LogP contribution in [-0.4, -0.2) is 20.1 Å². The molecule has 21 heavy (non-hydrogen) atoms. The van der Waals surface area contributed by atoms with E-state index in [9.17, 15) is 22.8 Å². The Labute approximate surface area is 120 Å². The largest absolute Gasteiger partial charge is 0.417 e. The van der Waals surface area contributed by atoms with Gasteiger partial charge in [0.1, 0.15) is 10.6 Å². The minimum absolute atomic E-state index is 0.134. The third-order valence-electron chi connectivity index (χ3n) is 2.62. The van der Waals surface area contributed by atoms with Gasteiger partial charge in [0.15, 0.2) is 0 Å². The summed E-state index contributed by atoms with van der Waals surface area (Å²) >= 11 is 0.792. The fourth-order valence-corrected chi connectivity index (χ4v) is 2.13. The van der Waals surface area contributed by atoms with E-state index in [2.05, 4.69) is 14.9 Å². The molecule has 2 rings (SSSR count). The van der Waals surface area contributed by atoms with Crippen molar-refractivity contribution in [1.82, 2.24) is 14.2 Å². The molecular weight excluding hydrogens is 309 g/mol. The maximum absolute atomic E-state index is 12.7. The zero-order valence-electron chi connectivity index (χ0n) is 10.9. The summed E-state index contributed by atoms with van der Waals surface area (Å²) in [7, 11) is 1.17. The molecule has 0 atom stereocenters. The van der Waals surface area contributed by atoms with Gasteiger partial charge in [0.25, 0.3) is 11.5 Å². The third kappa shape index (κ3) is 3.10. The number of halogens is 3. The molecule has 0 aliphatic carbocycles. The van der Waals surface area contributed by atoms with Gasteiger partial charge in [0.2, 0.25) is 0 Å². The monoisotopic (exact) mass is 318 g/mol. The van der Waals surface area contributed by atoms with Crippen molar-refractivity contribution in [1.29, 1.82) is 0 Å². The molecule has 0 aromatic carbocycles. The van der Waals surface area contributed by atoms with Crippen molar-refractivity contribution >= 4 is 23.1 Å². The van der Waals surface area contributed by atoms with Gasteiger partial charge < -0.3 is 9.88 Å². The number of hydrogen-bond donors (Lipinski definition) is 1. The van der Waals surface area contributed by atoms with Gasteiger partial charge in [0.05, 0.1) is 11.3 Å². The molecule has 0 unspecified atom stereocenters. The predicted octanol–water partition coefficient (Wildman–Crippen LogP) is 1.82. The molecule has 0 aliphatic rings. The lowest BCUT2D eigenvalue weighted by atomic mass is 10.2. The first-order valence-electron chi connectivity index (χ1n) is 5.58. The van der Waals surface area contributed by atoms with E-state index in [0.29, 0.717) is 18.0 Å². The lowest BCUT2D eigenvalue weighted by molar-refractivity contribution is -0.138. The zero-order valence-corrected chi connectivity index (χ0v) is 11.7. The van der Waals surface area contributed by atoms with Gasteiger partial charge in [-0.05, 0) is 24.5 Å². The molecule has 1 N–H and O–H groups in total. The van der Waals surface area contributed by atoms with Gasteiger partial charge in [0, 0.05) is 13.2 Å². The highest BCUT2D eigenvalue weighted by atomic mass is 32.1. The molecular formula is C11H9F3N4O2S. The number of alkyl halides is 3. The smallest absolute Gasteiger partial charge is 0.317 e. The van der Waals surface area contributed by atoms with Crippen LogP contribution in [0.4, 0.5) is 18.9 Å². The van der Waals surface area contributed by atoms with Crippen LogP contribution in [-0.2, 0) is 13.2 Å². The zero-order chi connectivity index (χ0) is 15.8. The summed E-state index contributed by atoms with van der Waals surface area (Å²) in [5.74, 6) is -0.723. The molecule has 0 fully saturated rings. The van der Waals surface area contributed by atoms with Crippen LogP contribution in [0.15, 0.2) is 17.1 Å². The van der Waals surface area contributed by atoms with Crippen LogP contribution < -0.4 is 10.9 Å². The average Bonchev–Trinajstić information content (AvgIpc) is 2.79. The molecule has 0 bridgehead atoms. The van der Waals surface area contributed by atoms with Crippen LogP contribution in [0.3, 0.4) is 0 Å². The quantitative estimate of drug-likeness (QED) is 0.916. The van der Waals surface area contributed by atoms with Crippen LogP contribution in [0.5, 0.6) is 0 Å². The first kappa shape index (κ1) is 15.2. The summed E-state index contributed by atoms with van der Waals surface area (Å²) in [6.45, 7) is 1.53. The SMILES string of the molecule is Cc1nnsc1C(=O)Nc1cc(C(F)(F)F)cn(C)c1=O. The van der Waals surface area contributed by atoms with Crippen molar-refractivity contribution in [2.45, 2.75) is 13.1 Å². The molecule has 0 spiro atoms. The Morgan fingerprint density at radius 2 is 2.10 bits per heavy atom. The molecule has 2 aromatic heterocycles. The van der Waals surface area contributed by atoms with Crippen molar-refractivity contribution < 1.29 is 18.0 Å². The minimum atomic E-state index is -4.62. The summed E-state index contributed by atoms with van der Waals surface area (Å²) in [5.41, 5.74) is -1.89. The second-order valence-electron chi connectivity index (χ2n) is 4.20. The fourth-order valence-electron chi connectivity index (χ4n) is 1.58. The maximum atomic E-state index is 12.7. The lowest BCUT2D eigenvalue weighted by Gasteiger charge is -2.11. The van der Waals surface area contributed by atoms with E-state index in [4.69, 9.17) is 0 Å². The first-order valence-corrected chi connectivity index (χ1v) is 6.35. The van der Waals surface area contributed by atoms with E-state index < -0.39 is 28.9 Å². The summed E-state index contributed by atoms with van der Waals surface area (Å²) < 4.78 is 42.4. The number of hydrogen-bond acceptors (Lipinski definition) is 5. The summed E-state index contributed by atoms with van der Waals surface area (Å²) in [5, 5.41) is 5.79. The molecule has 10 heteroatoms. The normalized spacial score (nSPS) is 11.5. The van der Waals surface area contributed by atoms with Crippen molar-refractivity contribution in [2.75, 3.05) is 5.32 Å². The topological polar surface area (TPSA) is 76.9 Å². The fraction of sp³-hybridized carbons (Fsp3) is 0.273. The van der Waals surface area contributed by atoms with E-state index in [1.165, 1.54) is 14.0 Å². The Bertz CT molecular complexity index is 751. The van der Waals surface area contributed by atoms with Crippen LogP contribution in [0, 0.1) is 6.92 Å². The highest BCUT2D eigenvalue weighted by molar-refractivity contribution is 7.08. The third-order valence-corrected chi connectivity index (χ3v) is 3.44. The van der Waals surface area contributed by atoms with Gasteiger partial charge in [-0.1, -0.05) is 4.49 Å². The molecule has 2 aromatic rings. The summed E-state index contributed by atoms with van der Waals surface area (Å²) in [6.07, 6.45) is -3.95. The number of nitrogens with zero attached hydrogens (tertiary/aromatic N) is 3. The summed E-state index contributed by atoms with van der Waals surface area (Å²) in [6, 6.07) is 0.601. The molecule has 0 saturated heterocycles. The van der Waals surface area contributed by atoms with E-state index in [1.54, 1.807) is 0 Å². The van der Waals surface area contributed by atoms with Gasteiger partial charge in [-0.2, -0.15) is 13.2 Å². The number of pyridine rings is 1. The lowest BCUT2D eigenvalue weighted by Crippen LogP contribution is -2.26. The standard InChI is InChI=1S/C11H9F3N4O2S/c1-5-8(21-17-16-5)9(19)15-7-3-6(11(12,13)14)4-18(2)10(7)20/h3-4H,1-2H3,(H,15,19).